The third kappa shape index (κ3) is 7.56. The van der Waals surface area contributed by atoms with Crippen molar-refractivity contribution in [1.82, 2.24) is 0 Å². The molecule has 0 amide bonds. The minimum absolute atomic E-state index is 0.134. The van der Waals surface area contributed by atoms with Crippen molar-refractivity contribution in [3.63, 3.8) is 0 Å². The van der Waals surface area contributed by atoms with Gasteiger partial charge in [0.05, 0.1) is 21.5 Å². The second-order valence-electron chi connectivity index (χ2n) is 15.7. The quantitative estimate of drug-likeness (QED) is 0.0716. The van der Waals surface area contributed by atoms with Gasteiger partial charge in [-0.15, -0.1) is 0 Å². The Hall–Kier alpha value is -3.30. The first kappa shape index (κ1) is 35.0. The Morgan fingerprint density at radius 3 is 2.28 bits per heavy atom. The van der Waals surface area contributed by atoms with Crippen molar-refractivity contribution < 1.29 is 28.9 Å². The number of nitrogens with zero attached hydrogens (tertiary/aromatic N) is 2. The highest BCUT2D eigenvalue weighted by Gasteiger charge is 2.60. The predicted octanol–water partition coefficient (Wildman–Crippen LogP) is 9.00. The minimum atomic E-state index is -0.963. The highest BCUT2D eigenvalue weighted by molar-refractivity contribution is 5.91. The predicted molar refractivity (Wildman–Crippen MR) is 178 cm³/mol. The number of unbranched alkanes of at least 4 members (excludes halogenated alkanes) is 1. The van der Waals surface area contributed by atoms with Crippen LogP contribution in [0.15, 0.2) is 30.4 Å². The highest BCUT2D eigenvalue weighted by Crippen LogP contribution is 2.68. The third-order valence-electron chi connectivity index (χ3n) is 12.8. The number of nitro benzene ring substituents is 2. The lowest BCUT2D eigenvalue weighted by Crippen LogP contribution is -2.54. The van der Waals surface area contributed by atoms with Crippen LogP contribution in [-0.4, -0.2) is 34.5 Å². The Kier molecular flexibility index (Phi) is 10.8. The largest absolute Gasteiger partial charge is 0.459 e. The Bertz CT molecular complexity index is 1340. The molecule has 10 nitrogen and oxygen atoms in total. The van der Waals surface area contributed by atoms with Crippen LogP contribution in [0.1, 0.15) is 122 Å². The van der Waals surface area contributed by atoms with Crippen LogP contribution in [0.3, 0.4) is 0 Å². The Morgan fingerprint density at radius 1 is 0.915 bits per heavy atom. The van der Waals surface area contributed by atoms with Crippen LogP contribution in [0.2, 0.25) is 0 Å². The summed E-state index contributed by atoms with van der Waals surface area (Å²) >= 11 is 0. The van der Waals surface area contributed by atoms with E-state index in [1.165, 1.54) is 76.4 Å². The fourth-order valence-electron chi connectivity index (χ4n) is 10.3. The first-order valence-corrected chi connectivity index (χ1v) is 17.8. The van der Waals surface area contributed by atoms with E-state index in [1.54, 1.807) is 0 Å². The molecule has 5 rings (SSSR count). The SMILES string of the molecule is CC(C)CCCCC1CCC2C3CCC4CC(OC(=O)C=CCOC(=O)c5cc([N+](=O)[O-])cc([N+](=O)[O-])c5)CCC4(C)C3CCC12C. The molecule has 0 aromatic heterocycles. The Balaban J connectivity index is 1.10. The van der Waals surface area contributed by atoms with Gasteiger partial charge in [-0.3, -0.25) is 20.2 Å². The molecule has 4 saturated carbocycles. The summed E-state index contributed by atoms with van der Waals surface area (Å²) in [6.07, 6.45) is 18.8. The molecule has 0 spiro atoms. The summed E-state index contributed by atoms with van der Waals surface area (Å²) in [7, 11) is 0. The Morgan fingerprint density at radius 2 is 1.60 bits per heavy atom. The molecule has 0 heterocycles. The minimum Gasteiger partial charge on any atom is -0.459 e. The number of benzene rings is 1. The molecular weight excluding hydrogens is 600 g/mol. The number of hydrogen-bond donors (Lipinski definition) is 0. The van der Waals surface area contributed by atoms with E-state index in [-0.39, 0.29) is 18.3 Å². The molecule has 4 aliphatic rings. The maximum absolute atomic E-state index is 12.7. The molecule has 1 aromatic rings. The van der Waals surface area contributed by atoms with E-state index < -0.39 is 33.2 Å². The summed E-state index contributed by atoms with van der Waals surface area (Å²) in [6, 6.07) is 2.62. The molecule has 1 aromatic carbocycles. The number of carbonyl (C=O) groups is 2. The van der Waals surface area contributed by atoms with Crippen molar-refractivity contribution >= 4 is 23.3 Å². The lowest BCUT2D eigenvalue weighted by Gasteiger charge is -2.61. The van der Waals surface area contributed by atoms with Crippen LogP contribution < -0.4 is 0 Å². The van der Waals surface area contributed by atoms with Crippen molar-refractivity contribution in [3.05, 3.63) is 56.1 Å². The van der Waals surface area contributed by atoms with Crippen LogP contribution in [0, 0.1) is 66.6 Å². The molecule has 0 bridgehead atoms. The van der Waals surface area contributed by atoms with Crippen LogP contribution in [0.4, 0.5) is 11.4 Å². The first-order chi connectivity index (χ1) is 22.3. The Labute approximate surface area is 278 Å². The fraction of sp³-hybridized carbons (Fsp3) is 0.730. The van der Waals surface area contributed by atoms with Crippen LogP contribution in [-0.2, 0) is 14.3 Å². The van der Waals surface area contributed by atoms with Gasteiger partial charge < -0.3 is 9.47 Å². The zero-order chi connectivity index (χ0) is 33.9. The maximum Gasteiger partial charge on any atom is 0.338 e. The van der Waals surface area contributed by atoms with E-state index in [2.05, 4.69) is 27.7 Å². The molecular formula is C37H52N2O8. The molecule has 0 N–H and O–H groups in total. The van der Waals surface area contributed by atoms with Crippen molar-refractivity contribution in [1.29, 1.82) is 0 Å². The number of rotatable bonds is 12. The zero-order valence-electron chi connectivity index (χ0n) is 28.5. The van der Waals surface area contributed by atoms with E-state index in [0.717, 1.165) is 67.1 Å². The van der Waals surface area contributed by atoms with Crippen molar-refractivity contribution in [2.24, 2.45) is 46.3 Å². The number of nitro groups is 2. The highest BCUT2D eigenvalue weighted by atomic mass is 16.6. The van der Waals surface area contributed by atoms with Gasteiger partial charge in [0.15, 0.2) is 0 Å². The van der Waals surface area contributed by atoms with Gasteiger partial charge in [-0.2, -0.15) is 0 Å². The van der Waals surface area contributed by atoms with Crippen molar-refractivity contribution in [2.75, 3.05) is 6.61 Å². The molecule has 0 saturated heterocycles. The molecule has 8 atom stereocenters. The molecule has 8 unspecified atom stereocenters. The number of hydrogen-bond acceptors (Lipinski definition) is 8. The van der Waals surface area contributed by atoms with Gasteiger partial charge in [-0.05, 0) is 117 Å². The smallest absolute Gasteiger partial charge is 0.338 e. The molecule has 0 radical (unpaired) electrons. The molecule has 4 fully saturated rings. The van der Waals surface area contributed by atoms with Gasteiger partial charge in [-0.25, -0.2) is 9.59 Å². The van der Waals surface area contributed by atoms with Gasteiger partial charge >= 0.3 is 11.9 Å². The summed E-state index contributed by atoms with van der Waals surface area (Å²) < 4.78 is 10.9. The van der Waals surface area contributed by atoms with Gasteiger partial charge in [0.1, 0.15) is 12.7 Å². The normalized spacial score (nSPS) is 33.1. The van der Waals surface area contributed by atoms with E-state index in [0.29, 0.717) is 16.7 Å². The average molecular weight is 653 g/mol. The molecule has 4 aliphatic carbocycles. The van der Waals surface area contributed by atoms with E-state index in [9.17, 15) is 29.8 Å². The van der Waals surface area contributed by atoms with E-state index in [1.807, 2.05) is 0 Å². The van der Waals surface area contributed by atoms with Crippen molar-refractivity contribution in [2.45, 2.75) is 117 Å². The van der Waals surface area contributed by atoms with E-state index >= 15 is 0 Å². The molecule has 0 aliphatic heterocycles. The summed E-state index contributed by atoms with van der Waals surface area (Å²) in [5.74, 6) is 3.23. The van der Waals surface area contributed by atoms with Crippen LogP contribution in [0.25, 0.3) is 0 Å². The summed E-state index contributed by atoms with van der Waals surface area (Å²) in [6.45, 7) is 9.54. The fourth-order valence-corrected chi connectivity index (χ4v) is 10.3. The van der Waals surface area contributed by atoms with Crippen LogP contribution >= 0.6 is 0 Å². The molecule has 47 heavy (non-hydrogen) atoms. The summed E-state index contributed by atoms with van der Waals surface area (Å²) in [5, 5.41) is 22.2. The number of non-ortho nitro benzene ring substituents is 2. The summed E-state index contributed by atoms with van der Waals surface area (Å²) in [4.78, 5) is 45.6. The first-order valence-electron chi connectivity index (χ1n) is 17.8. The number of esters is 2. The molecule has 258 valence electrons. The van der Waals surface area contributed by atoms with E-state index in [4.69, 9.17) is 9.47 Å². The molecule has 10 heteroatoms. The monoisotopic (exact) mass is 652 g/mol. The standard InChI is InChI=1S/C37H52N2O8/c1-24(2)8-5-6-9-26-12-14-32-31-13-11-27-22-30(15-17-37(27,4)33(31)16-18-36(26,32)3)47-34(40)10-7-19-46-35(41)25-20-28(38(42)43)23-29(21-25)39(44)45/h7,10,20-21,23-24,26-27,30-33H,5-6,8-9,11-19,22H2,1-4H3. The number of carbonyl (C=O) groups excluding carboxylic acids is 2. The summed E-state index contributed by atoms with van der Waals surface area (Å²) in [5.41, 5.74) is -0.672. The maximum atomic E-state index is 12.7. The average Bonchev–Trinajstić information content (AvgIpc) is 3.37. The topological polar surface area (TPSA) is 139 Å². The number of ether oxygens (including phenoxy) is 2. The second kappa shape index (κ2) is 14.4. The van der Waals surface area contributed by atoms with Gasteiger partial charge in [0.2, 0.25) is 0 Å². The van der Waals surface area contributed by atoms with Gasteiger partial charge in [0.25, 0.3) is 11.4 Å². The van der Waals surface area contributed by atoms with Crippen molar-refractivity contribution in [3.8, 4) is 0 Å². The van der Waals surface area contributed by atoms with Crippen LogP contribution in [0.5, 0.6) is 0 Å². The van der Waals surface area contributed by atoms with Gasteiger partial charge in [0, 0.05) is 18.2 Å². The lowest BCUT2D eigenvalue weighted by atomic mass is 9.44. The third-order valence-corrected chi connectivity index (χ3v) is 12.8. The lowest BCUT2D eigenvalue weighted by molar-refractivity contribution is -0.394. The van der Waals surface area contributed by atoms with Gasteiger partial charge in [-0.1, -0.05) is 47.0 Å². The second-order valence-corrected chi connectivity index (χ2v) is 15.7. The zero-order valence-corrected chi connectivity index (χ0v) is 28.5. The number of fused-ring (bicyclic) bond motifs is 5.